The van der Waals surface area contributed by atoms with Gasteiger partial charge < -0.3 is 0 Å². The molecule has 0 spiro atoms. The number of aromatic nitrogens is 1. The third-order valence-corrected chi connectivity index (χ3v) is 4.92. The third kappa shape index (κ3) is 2.56. The fourth-order valence-electron chi connectivity index (χ4n) is 2.13. The minimum atomic E-state index is 1.06. The van der Waals surface area contributed by atoms with Gasteiger partial charge >= 0.3 is 0 Å². The minimum absolute atomic E-state index is 1.06. The molecule has 0 atom stereocenters. The maximum Gasteiger partial charge on any atom is 0.125 e. The van der Waals surface area contributed by atoms with Crippen LogP contribution < -0.4 is 0 Å². The highest BCUT2D eigenvalue weighted by Crippen LogP contribution is 2.36. The predicted molar refractivity (Wildman–Crippen MR) is 90.2 cm³/mol. The lowest BCUT2D eigenvalue weighted by Gasteiger charge is -2.00. The van der Waals surface area contributed by atoms with Gasteiger partial charge in [-0.15, -0.1) is 11.3 Å². The van der Waals surface area contributed by atoms with E-state index < -0.39 is 0 Å². The van der Waals surface area contributed by atoms with Gasteiger partial charge in [0.2, 0.25) is 0 Å². The molecule has 0 aliphatic carbocycles. The van der Waals surface area contributed by atoms with Gasteiger partial charge in [-0.25, -0.2) is 4.98 Å². The summed E-state index contributed by atoms with van der Waals surface area (Å²) in [5.74, 6) is 0. The van der Waals surface area contributed by atoms with E-state index in [2.05, 4.69) is 66.2 Å². The zero-order valence-electron chi connectivity index (χ0n) is 11.4. The monoisotopic (exact) mass is 343 g/mol. The van der Waals surface area contributed by atoms with Crippen molar-refractivity contribution in [1.82, 2.24) is 4.98 Å². The molecule has 1 aromatic heterocycles. The molecule has 0 bridgehead atoms. The summed E-state index contributed by atoms with van der Waals surface area (Å²) in [7, 11) is 0. The van der Waals surface area contributed by atoms with Crippen LogP contribution in [-0.4, -0.2) is 4.98 Å². The van der Waals surface area contributed by atoms with Crippen molar-refractivity contribution < 1.29 is 0 Å². The Labute approximate surface area is 131 Å². The summed E-state index contributed by atoms with van der Waals surface area (Å²) in [6.45, 7) is 4.23. The van der Waals surface area contributed by atoms with E-state index in [1.807, 2.05) is 12.1 Å². The van der Waals surface area contributed by atoms with Gasteiger partial charge in [-0.05, 0) is 19.9 Å². The van der Waals surface area contributed by atoms with E-state index in [1.165, 1.54) is 16.0 Å². The van der Waals surface area contributed by atoms with Gasteiger partial charge in [-0.2, -0.15) is 0 Å². The number of thiazole rings is 1. The summed E-state index contributed by atoms with van der Waals surface area (Å²) in [5.41, 5.74) is 4.69. The van der Waals surface area contributed by atoms with E-state index in [4.69, 9.17) is 4.98 Å². The quantitative estimate of drug-likeness (QED) is 0.568. The van der Waals surface area contributed by atoms with E-state index >= 15 is 0 Å². The molecular weight excluding hydrogens is 330 g/mol. The van der Waals surface area contributed by atoms with Crippen LogP contribution in [0.5, 0.6) is 0 Å². The van der Waals surface area contributed by atoms with Gasteiger partial charge in [0.15, 0.2) is 0 Å². The molecule has 0 saturated carbocycles. The third-order valence-electron chi connectivity index (χ3n) is 3.23. The number of rotatable bonds is 2. The van der Waals surface area contributed by atoms with Crippen LogP contribution in [0.1, 0.15) is 10.4 Å². The first-order chi connectivity index (χ1) is 9.65. The van der Waals surface area contributed by atoms with E-state index in [0.717, 1.165) is 20.7 Å². The first-order valence-electron chi connectivity index (χ1n) is 6.44. The van der Waals surface area contributed by atoms with Crippen molar-refractivity contribution in [3.05, 3.63) is 63.4 Å². The van der Waals surface area contributed by atoms with E-state index in [9.17, 15) is 0 Å². The SMILES string of the molecule is Cc1ccc(-c2nc(-c3ccccc3Br)sc2C)cc1. The maximum absolute atomic E-state index is 4.83. The van der Waals surface area contributed by atoms with Crippen molar-refractivity contribution in [2.75, 3.05) is 0 Å². The average molecular weight is 344 g/mol. The van der Waals surface area contributed by atoms with Crippen LogP contribution in [0.3, 0.4) is 0 Å². The molecule has 0 N–H and O–H groups in total. The number of aryl methyl sites for hydroxylation is 2. The largest absolute Gasteiger partial charge is 0.236 e. The van der Waals surface area contributed by atoms with Gasteiger partial charge in [0.1, 0.15) is 5.01 Å². The van der Waals surface area contributed by atoms with Gasteiger partial charge in [-0.3, -0.25) is 0 Å². The van der Waals surface area contributed by atoms with Gasteiger partial charge in [0.05, 0.1) is 5.69 Å². The van der Waals surface area contributed by atoms with E-state index in [0.29, 0.717) is 0 Å². The number of nitrogens with zero attached hydrogens (tertiary/aromatic N) is 1. The second-order valence-corrected chi connectivity index (χ2v) is 6.83. The summed E-state index contributed by atoms with van der Waals surface area (Å²) >= 11 is 5.34. The molecule has 3 rings (SSSR count). The summed E-state index contributed by atoms with van der Waals surface area (Å²) in [6.07, 6.45) is 0. The molecule has 100 valence electrons. The van der Waals surface area contributed by atoms with E-state index in [-0.39, 0.29) is 0 Å². The molecule has 1 nitrogen and oxygen atoms in total. The van der Waals surface area contributed by atoms with Crippen molar-refractivity contribution in [2.45, 2.75) is 13.8 Å². The molecule has 0 fully saturated rings. The lowest BCUT2D eigenvalue weighted by molar-refractivity contribution is 1.36. The minimum Gasteiger partial charge on any atom is -0.236 e. The van der Waals surface area contributed by atoms with Crippen LogP contribution >= 0.6 is 27.3 Å². The normalized spacial score (nSPS) is 10.8. The van der Waals surface area contributed by atoms with Crippen molar-refractivity contribution in [3.63, 3.8) is 0 Å². The summed E-state index contributed by atoms with van der Waals surface area (Å²) < 4.78 is 1.09. The highest BCUT2D eigenvalue weighted by atomic mass is 79.9. The van der Waals surface area contributed by atoms with Crippen LogP contribution in [0.4, 0.5) is 0 Å². The Morgan fingerprint density at radius 2 is 1.65 bits per heavy atom. The molecule has 3 heteroatoms. The van der Waals surface area contributed by atoms with Crippen molar-refractivity contribution in [2.24, 2.45) is 0 Å². The number of hydrogen-bond donors (Lipinski definition) is 0. The molecule has 0 amide bonds. The zero-order valence-corrected chi connectivity index (χ0v) is 13.8. The second kappa shape index (κ2) is 5.51. The second-order valence-electron chi connectivity index (χ2n) is 4.77. The van der Waals surface area contributed by atoms with Gasteiger partial charge in [0, 0.05) is 20.5 Å². The Balaban J connectivity index is 2.08. The van der Waals surface area contributed by atoms with Crippen LogP contribution in [-0.2, 0) is 0 Å². The molecular formula is C17H14BrNS. The average Bonchev–Trinajstić information content (AvgIpc) is 2.82. The Morgan fingerprint density at radius 1 is 0.950 bits per heavy atom. The molecule has 1 heterocycles. The van der Waals surface area contributed by atoms with Gasteiger partial charge in [0.25, 0.3) is 0 Å². The fourth-order valence-corrected chi connectivity index (χ4v) is 3.70. The molecule has 0 radical (unpaired) electrons. The molecule has 0 aliphatic rings. The molecule has 20 heavy (non-hydrogen) atoms. The summed E-state index contributed by atoms with van der Waals surface area (Å²) in [6, 6.07) is 16.8. The Bertz CT molecular complexity index is 744. The van der Waals surface area contributed by atoms with Crippen molar-refractivity contribution in [1.29, 1.82) is 0 Å². The van der Waals surface area contributed by atoms with E-state index in [1.54, 1.807) is 11.3 Å². The topological polar surface area (TPSA) is 12.9 Å². The maximum atomic E-state index is 4.83. The predicted octanol–water partition coefficient (Wildman–Crippen LogP) is 5.86. The first-order valence-corrected chi connectivity index (χ1v) is 8.05. The summed E-state index contributed by atoms with van der Waals surface area (Å²) in [4.78, 5) is 6.08. The molecule has 0 unspecified atom stereocenters. The first kappa shape index (κ1) is 13.5. The Morgan fingerprint density at radius 3 is 2.35 bits per heavy atom. The molecule has 2 aromatic carbocycles. The molecule has 0 saturated heterocycles. The molecule has 0 aliphatic heterocycles. The highest BCUT2D eigenvalue weighted by Gasteiger charge is 2.12. The Kier molecular flexibility index (Phi) is 3.72. The fraction of sp³-hybridized carbons (Fsp3) is 0.118. The standard InChI is InChI=1S/C17H14BrNS/c1-11-7-9-13(10-8-11)16-12(2)20-17(19-16)14-5-3-4-6-15(14)18/h3-10H,1-2H3. The molecule has 3 aromatic rings. The van der Waals surface area contributed by atoms with Gasteiger partial charge in [-0.1, -0.05) is 64.0 Å². The smallest absolute Gasteiger partial charge is 0.125 e. The zero-order chi connectivity index (χ0) is 14.1. The van der Waals surface area contributed by atoms with Crippen molar-refractivity contribution in [3.8, 4) is 21.8 Å². The van der Waals surface area contributed by atoms with Crippen LogP contribution in [0.15, 0.2) is 53.0 Å². The Hall–Kier alpha value is -1.45. The summed E-state index contributed by atoms with van der Waals surface area (Å²) in [5, 5.41) is 1.06. The van der Waals surface area contributed by atoms with Crippen LogP contribution in [0.25, 0.3) is 21.8 Å². The lowest BCUT2D eigenvalue weighted by Crippen LogP contribution is -1.82. The van der Waals surface area contributed by atoms with Crippen molar-refractivity contribution >= 4 is 27.3 Å². The highest BCUT2D eigenvalue weighted by molar-refractivity contribution is 9.10. The van der Waals surface area contributed by atoms with Crippen LogP contribution in [0.2, 0.25) is 0 Å². The lowest BCUT2D eigenvalue weighted by atomic mass is 10.1. The number of hydrogen-bond acceptors (Lipinski definition) is 2. The number of benzene rings is 2. The number of halogens is 1. The van der Waals surface area contributed by atoms with Crippen LogP contribution in [0, 0.1) is 13.8 Å².